The van der Waals surface area contributed by atoms with Gasteiger partial charge >= 0.3 is 0 Å². The largest absolute Gasteiger partial charge is 0.346 e. The molecule has 0 spiro atoms. The zero-order valence-corrected chi connectivity index (χ0v) is 11.4. The Bertz CT molecular complexity index is 599. The SMILES string of the molecule is NC[C@H]1CC[C@H](C(=O)Nc2ccnc3[nH]ccc23)CC1. The van der Waals surface area contributed by atoms with E-state index >= 15 is 0 Å². The van der Waals surface area contributed by atoms with E-state index in [1.165, 1.54) is 0 Å². The molecule has 3 rings (SSSR count). The number of hydrogen-bond donors (Lipinski definition) is 3. The molecular weight excluding hydrogens is 252 g/mol. The molecule has 0 atom stereocenters. The van der Waals surface area contributed by atoms with Gasteiger partial charge in [0.05, 0.1) is 5.69 Å². The molecule has 106 valence electrons. The number of hydrogen-bond acceptors (Lipinski definition) is 3. The average molecular weight is 272 g/mol. The van der Waals surface area contributed by atoms with Crippen LogP contribution in [0.2, 0.25) is 0 Å². The lowest BCUT2D eigenvalue weighted by Gasteiger charge is -2.26. The number of nitrogens with zero attached hydrogens (tertiary/aromatic N) is 1. The van der Waals surface area contributed by atoms with Crippen molar-refractivity contribution in [3.05, 3.63) is 24.5 Å². The number of amides is 1. The van der Waals surface area contributed by atoms with Crippen LogP contribution in [0.4, 0.5) is 5.69 Å². The number of nitrogens with one attached hydrogen (secondary N) is 2. The standard InChI is InChI=1S/C15H20N4O/c16-9-10-1-3-11(4-2-10)15(20)19-13-6-8-18-14-12(13)5-7-17-14/h5-8,10-11H,1-4,9,16H2,(H2,17,18,19,20)/t10-,11-. The Morgan fingerprint density at radius 2 is 2.15 bits per heavy atom. The Morgan fingerprint density at radius 1 is 1.35 bits per heavy atom. The molecule has 5 heteroatoms. The van der Waals surface area contributed by atoms with Crippen molar-refractivity contribution in [2.75, 3.05) is 11.9 Å². The van der Waals surface area contributed by atoms with E-state index in [0.29, 0.717) is 5.92 Å². The number of aromatic amines is 1. The third kappa shape index (κ3) is 2.54. The van der Waals surface area contributed by atoms with E-state index in [4.69, 9.17) is 5.73 Å². The normalized spacial score (nSPS) is 22.9. The summed E-state index contributed by atoms with van der Waals surface area (Å²) in [6.45, 7) is 0.739. The number of fused-ring (bicyclic) bond motifs is 1. The molecule has 2 aromatic rings. The number of carbonyl (C=O) groups excluding carboxylic acids is 1. The average Bonchev–Trinajstić information content (AvgIpc) is 2.97. The lowest BCUT2D eigenvalue weighted by Crippen LogP contribution is -2.29. The Labute approximate surface area is 118 Å². The molecular formula is C15H20N4O. The third-order valence-electron chi connectivity index (χ3n) is 4.27. The highest BCUT2D eigenvalue weighted by Gasteiger charge is 2.25. The molecule has 2 heterocycles. The molecule has 0 unspecified atom stereocenters. The maximum Gasteiger partial charge on any atom is 0.227 e. The van der Waals surface area contributed by atoms with Gasteiger partial charge < -0.3 is 16.0 Å². The smallest absolute Gasteiger partial charge is 0.227 e. The molecule has 1 aliphatic rings. The molecule has 4 N–H and O–H groups in total. The second kappa shape index (κ2) is 5.63. The summed E-state index contributed by atoms with van der Waals surface area (Å²) in [6, 6.07) is 3.78. The van der Waals surface area contributed by atoms with Crippen LogP contribution in [0, 0.1) is 11.8 Å². The number of H-pyrrole nitrogens is 1. The molecule has 0 aliphatic heterocycles. The zero-order valence-electron chi connectivity index (χ0n) is 11.4. The van der Waals surface area contributed by atoms with Gasteiger partial charge in [0, 0.05) is 23.7 Å². The van der Waals surface area contributed by atoms with Gasteiger partial charge in [0.15, 0.2) is 0 Å². The molecule has 5 nitrogen and oxygen atoms in total. The van der Waals surface area contributed by atoms with Crippen molar-refractivity contribution in [1.29, 1.82) is 0 Å². The molecule has 1 fully saturated rings. The quantitative estimate of drug-likeness (QED) is 0.801. The topological polar surface area (TPSA) is 83.8 Å². The molecule has 2 aromatic heterocycles. The fourth-order valence-electron chi connectivity index (χ4n) is 2.97. The second-order valence-electron chi connectivity index (χ2n) is 5.54. The summed E-state index contributed by atoms with van der Waals surface area (Å²) in [5.74, 6) is 0.825. The van der Waals surface area contributed by atoms with Crippen molar-refractivity contribution in [2.24, 2.45) is 17.6 Å². The highest BCUT2D eigenvalue weighted by Crippen LogP contribution is 2.29. The number of nitrogens with two attached hydrogens (primary N) is 1. The van der Waals surface area contributed by atoms with Crippen LogP contribution in [-0.2, 0) is 4.79 Å². The second-order valence-corrected chi connectivity index (χ2v) is 5.54. The summed E-state index contributed by atoms with van der Waals surface area (Å²) in [5, 5.41) is 4.00. The van der Waals surface area contributed by atoms with E-state index in [1.807, 2.05) is 18.3 Å². The van der Waals surface area contributed by atoms with Gasteiger partial charge in [-0.15, -0.1) is 0 Å². The van der Waals surface area contributed by atoms with Gasteiger partial charge in [-0.2, -0.15) is 0 Å². The fourth-order valence-corrected chi connectivity index (χ4v) is 2.97. The van der Waals surface area contributed by atoms with Gasteiger partial charge in [-0.1, -0.05) is 0 Å². The Kier molecular flexibility index (Phi) is 3.69. The monoisotopic (exact) mass is 272 g/mol. The van der Waals surface area contributed by atoms with Crippen molar-refractivity contribution >= 4 is 22.6 Å². The van der Waals surface area contributed by atoms with Crippen LogP contribution >= 0.6 is 0 Å². The third-order valence-corrected chi connectivity index (χ3v) is 4.27. The van der Waals surface area contributed by atoms with E-state index in [2.05, 4.69) is 15.3 Å². The highest BCUT2D eigenvalue weighted by molar-refractivity contribution is 6.00. The number of aromatic nitrogens is 2. The van der Waals surface area contributed by atoms with Crippen molar-refractivity contribution in [3.8, 4) is 0 Å². The first-order valence-corrected chi connectivity index (χ1v) is 7.21. The van der Waals surface area contributed by atoms with Crippen molar-refractivity contribution < 1.29 is 4.79 Å². The minimum absolute atomic E-state index is 0.111. The van der Waals surface area contributed by atoms with Crippen molar-refractivity contribution in [1.82, 2.24) is 9.97 Å². The van der Waals surface area contributed by atoms with E-state index in [-0.39, 0.29) is 11.8 Å². The maximum atomic E-state index is 12.4. The Morgan fingerprint density at radius 3 is 2.90 bits per heavy atom. The Balaban J connectivity index is 1.69. The van der Waals surface area contributed by atoms with Crippen molar-refractivity contribution in [3.63, 3.8) is 0 Å². The highest BCUT2D eigenvalue weighted by atomic mass is 16.1. The number of carbonyl (C=O) groups is 1. The van der Waals surface area contributed by atoms with Gasteiger partial charge in [-0.25, -0.2) is 4.98 Å². The molecule has 20 heavy (non-hydrogen) atoms. The first-order chi connectivity index (χ1) is 9.78. The maximum absolute atomic E-state index is 12.4. The van der Waals surface area contributed by atoms with Crippen LogP contribution < -0.4 is 11.1 Å². The fraction of sp³-hybridized carbons (Fsp3) is 0.467. The molecule has 1 amide bonds. The first kappa shape index (κ1) is 13.1. The molecule has 0 saturated heterocycles. The van der Waals surface area contributed by atoms with Crippen LogP contribution in [0.5, 0.6) is 0 Å². The summed E-state index contributed by atoms with van der Waals surface area (Å²) < 4.78 is 0. The van der Waals surface area contributed by atoms with Gasteiger partial charge in [0.1, 0.15) is 5.65 Å². The lowest BCUT2D eigenvalue weighted by atomic mass is 9.81. The molecule has 0 aromatic carbocycles. The van der Waals surface area contributed by atoms with Crippen LogP contribution in [0.1, 0.15) is 25.7 Å². The van der Waals surface area contributed by atoms with Gasteiger partial charge in [0.25, 0.3) is 0 Å². The summed E-state index contributed by atoms with van der Waals surface area (Å²) in [5.41, 5.74) is 7.32. The van der Waals surface area contributed by atoms with E-state index in [0.717, 1.165) is 48.9 Å². The summed E-state index contributed by atoms with van der Waals surface area (Å²) in [6.07, 6.45) is 7.54. The minimum atomic E-state index is 0.111. The van der Waals surface area contributed by atoms with Crippen LogP contribution in [0.25, 0.3) is 11.0 Å². The van der Waals surface area contributed by atoms with Crippen molar-refractivity contribution in [2.45, 2.75) is 25.7 Å². The molecule has 1 aliphatic carbocycles. The molecule has 0 bridgehead atoms. The summed E-state index contributed by atoms with van der Waals surface area (Å²) in [7, 11) is 0. The van der Waals surface area contributed by atoms with E-state index in [9.17, 15) is 4.79 Å². The minimum Gasteiger partial charge on any atom is -0.346 e. The lowest BCUT2D eigenvalue weighted by molar-refractivity contribution is -0.121. The Hall–Kier alpha value is -1.88. The van der Waals surface area contributed by atoms with Crippen LogP contribution in [0.15, 0.2) is 24.5 Å². The number of pyridine rings is 1. The van der Waals surface area contributed by atoms with Crippen LogP contribution in [-0.4, -0.2) is 22.4 Å². The predicted molar refractivity (Wildman–Crippen MR) is 79.2 cm³/mol. The zero-order chi connectivity index (χ0) is 13.9. The van der Waals surface area contributed by atoms with Crippen LogP contribution in [0.3, 0.4) is 0 Å². The predicted octanol–water partition coefficient (Wildman–Crippen LogP) is 2.27. The molecule has 1 saturated carbocycles. The first-order valence-electron chi connectivity index (χ1n) is 7.21. The number of rotatable bonds is 3. The van der Waals surface area contributed by atoms with E-state index < -0.39 is 0 Å². The summed E-state index contributed by atoms with van der Waals surface area (Å²) in [4.78, 5) is 19.6. The van der Waals surface area contributed by atoms with Gasteiger partial charge in [-0.05, 0) is 50.3 Å². The van der Waals surface area contributed by atoms with E-state index in [1.54, 1.807) is 6.20 Å². The summed E-state index contributed by atoms with van der Waals surface area (Å²) >= 11 is 0. The molecule has 0 radical (unpaired) electrons. The van der Waals surface area contributed by atoms with Gasteiger partial charge in [0.2, 0.25) is 5.91 Å². The number of anilines is 1. The van der Waals surface area contributed by atoms with Gasteiger partial charge in [-0.3, -0.25) is 4.79 Å².